The third kappa shape index (κ3) is 1.78. The van der Waals surface area contributed by atoms with E-state index in [9.17, 15) is 0 Å². The maximum absolute atomic E-state index is 5.72. The van der Waals surface area contributed by atoms with Crippen molar-refractivity contribution in [1.82, 2.24) is 4.98 Å². The predicted molar refractivity (Wildman–Crippen MR) is 67.3 cm³/mol. The summed E-state index contributed by atoms with van der Waals surface area (Å²) in [7, 11) is 0. The molecule has 16 heavy (non-hydrogen) atoms. The number of furan rings is 1. The molecule has 2 heteroatoms. The zero-order valence-electron chi connectivity index (χ0n) is 9.87. The smallest absolute Gasteiger partial charge is 0.227 e. The molecule has 0 radical (unpaired) electrons. The topological polar surface area (TPSA) is 26.0 Å². The number of aryl methyl sites for hydroxylation is 2. The van der Waals surface area contributed by atoms with Gasteiger partial charge in [-0.25, -0.2) is 4.98 Å². The van der Waals surface area contributed by atoms with E-state index in [1.54, 1.807) is 0 Å². The van der Waals surface area contributed by atoms with Crippen LogP contribution in [0, 0.1) is 13.8 Å². The van der Waals surface area contributed by atoms with Gasteiger partial charge in [0, 0.05) is 16.6 Å². The van der Waals surface area contributed by atoms with Crippen LogP contribution in [-0.2, 0) is 0 Å². The molecule has 0 amide bonds. The van der Waals surface area contributed by atoms with E-state index in [0.717, 1.165) is 28.0 Å². The molecule has 0 atom stereocenters. The summed E-state index contributed by atoms with van der Waals surface area (Å²) >= 11 is 0. The Hall–Kier alpha value is -1.83. The highest BCUT2D eigenvalue weighted by Gasteiger charge is 2.09. The van der Waals surface area contributed by atoms with Crippen molar-refractivity contribution in [1.29, 1.82) is 0 Å². The molecule has 0 unspecified atom stereocenters. The van der Waals surface area contributed by atoms with Gasteiger partial charge in [0.2, 0.25) is 5.71 Å². The van der Waals surface area contributed by atoms with Crippen molar-refractivity contribution in [2.75, 3.05) is 0 Å². The zero-order chi connectivity index (χ0) is 11.7. The molecule has 0 bridgehead atoms. The van der Waals surface area contributed by atoms with E-state index < -0.39 is 0 Å². The van der Waals surface area contributed by atoms with Gasteiger partial charge < -0.3 is 4.42 Å². The van der Waals surface area contributed by atoms with Crippen molar-refractivity contribution in [3.8, 4) is 0 Å². The maximum Gasteiger partial charge on any atom is 0.227 e. The van der Waals surface area contributed by atoms with Crippen molar-refractivity contribution >= 4 is 17.2 Å². The molecular formula is C14H15NO. The van der Waals surface area contributed by atoms with Crippen molar-refractivity contribution < 1.29 is 4.42 Å². The molecule has 2 nitrogen and oxygen atoms in total. The Morgan fingerprint density at radius 3 is 2.81 bits per heavy atom. The molecule has 0 saturated heterocycles. The summed E-state index contributed by atoms with van der Waals surface area (Å²) in [5.74, 6) is 0.866. The number of aromatic nitrogens is 1. The van der Waals surface area contributed by atoms with Gasteiger partial charge in [-0.05, 0) is 44.6 Å². The maximum atomic E-state index is 5.72. The van der Waals surface area contributed by atoms with Crippen molar-refractivity contribution in [3.63, 3.8) is 0 Å². The van der Waals surface area contributed by atoms with Gasteiger partial charge >= 0.3 is 0 Å². The Morgan fingerprint density at radius 1 is 1.38 bits per heavy atom. The zero-order valence-corrected chi connectivity index (χ0v) is 9.87. The van der Waals surface area contributed by atoms with Gasteiger partial charge in [-0.1, -0.05) is 12.7 Å². The second-order valence-corrected chi connectivity index (χ2v) is 3.99. The van der Waals surface area contributed by atoms with Gasteiger partial charge in [0.05, 0.1) is 0 Å². The van der Waals surface area contributed by atoms with E-state index >= 15 is 0 Å². The predicted octanol–water partition coefficient (Wildman–Crippen LogP) is 4.03. The van der Waals surface area contributed by atoms with E-state index in [1.807, 2.05) is 39.0 Å². The largest absolute Gasteiger partial charge is 0.438 e. The lowest BCUT2D eigenvalue weighted by molar-refractivity contribution is 0.588. The quantitative estimate of drug-likeness (QED) is 0.704. The standard InChI is InChI=1S/C14H15NO/c1-5-9(2)8-13-11(4)12-7-6-10(3)15-14(12)16-13/h5-8H,1H2,2-4H3/b9-8-. The highest BCUT2D eigenvalue weighted by Crippen LogP contribution is 2.25. The van der Waals surface area contributed by atoms with Crippen LogP contribution < -0.4 is 0 Å². The van der Waals surface area contributed by atoms with Gasteiger partial charge in [-0.2, -0.15) is 0 Å². The fourth-order valence-corrected chi connectivity index (χ4v) is 1.61. The van der Waals surface area contributed by atoms with Gasteiger partial charge in [-0.3, -0.25) is 0 Å². The molecule has 2 heterocycles. The van der Waals surface area contributed by atoms with Crippen LogP contribution in [-0.4, -0.2) is 4.98 Å². The molecule has 0 N–H and O–H groups in total. The average Bonchev–Trinajstić information content (AvgIpc) is 2.55. The van der Waals surface area contributed by atoms with Gasteiger partial charge in [0.1, 0.15) is 5.76 Å². The molecule has 0 aliphatic rings. The molecule has 0 saturated carbocycles. The number of fused-ring (bicyclic) bond motifs is 1. The minimum Gasteiger partial charge on any atom is -0.438 e. The van der Waals surface area contributed by atoms with Gasteiger partial charge in [0.25, 0.3) is 0 Å². The Balaban J connectivity index is 2.64. The molecule has 0 aliphatic carbocycles. The molecule has 0 spiro atoms. The lowest BCUT2D eigenvalue weighted by Gasteiger charge is -1.91. The van der Waals surface area contributed by atoms with Crippen LogP contribution in [0.4, 0.5) is 0 Å². The van der Waals surface area contributed by atoms with Crippen LogP contribution in [0.3, 0.4) is 0 Å². The number of hydrogen-bond acceptors (Lipinski definition) is 2. The summed E-state index contributed by atoms with van der Waals surface area (Å²) in [5, 5.41) is 1.08. The summed E-state index contributed by atoms with van der Waals surface area (Å²) in [4.78, 5) is 4.37. The Bertz CT molecular complexity index is 576. The third-order valence-corrected chi connectivity index (χ3v) is 2.66. The molecule has 2 aromatic rings. The highest BCUT2D eigenvalue weighted by molar-refractivity contribution is 5.81. The van der Waals surface area contributed by atoms with Crippen LogP contribution in [0.1, 0.15) is 23.9 Å². The first-order valence-corrected chi connectivity index (χ1v) is 5.29. The molecule has 0 aliphatic heterocycles. The van der Waals surface area contributed by atoms with Crippen LogP contribution >= 0.6 is 0 Å². The van der Waals surface area contributed by atoms with Gasteiger partial charge in [0.15, 0.2) is 0 Å². The second-order valence-electron chi connectivity index (χ2n) is 3.99. The molecule has 82 valence electrons. The van der Waals surface area contributed by atoms with Crippen LogP contribution in [0.5, 0.6) is 0 Å². The Labute approximate surface area is 95.3 Å². The highest BCUT2D eigenvalue weighted by atomic mass is 16.3. The number of hydrogen-bond donors (Lipinski definition) is 0. The minimum absolute atomic E-state index is 0.709. The van der Waals surface area contributed by atoms with Crippen LogP contribution in [0.25, 0.3) is 17.2 Å². The molecule has 0 aromatic carbocycles. The van der Waals surface area contributed by atoms with Crippen LogP contribution in [0.2, 0.25) is 0 Å². The SMILES string of the molecule is C=C/C(C)=C\c1oc2nc(C)ccc2c1C. The lowest BCUT2D eigenvalue weighted by Crippen LogP contribution is -1.78. The fourth-order valence-electron chi connectivity index (χ4n) is 1.61. The minimum atomic E-state index is 0.709. The molecule has 2 rings (SSSR count). The van der Waals surface area contributed by atoms with E-state index in [0.29, 0.717) is 5.71 Å². The normalized spacial score (nSPS) is 12.1. The third-order valence-electron chi connectivity index (χ3n) is 2.66. The van der Waals surface area contributed by atoms with E-state index in [1.165, 1.54) is 0 Å². The summed E-state index contributed by atoms with van der Waals surface area (Å²) in [5.41, 5.74) is 3.89. The number of pyridine rings is 1. The number of allylic oxidation sites excluding steroid dienone is 2. The molecule has 2 aromatic heterocycles. The second kappa shape index (κ2) is 3.97. The first-order chi connectivity index (χ1) is 7.61. The summed E-state index contributed by atoms with van der Waals surface area (Å²) in [6.07, 6.45) is 3.80. The number of rotatable bonds is 2. The van der Waals surface area contributed by atoms with E-state index in [2.05, 4.69) is 17.6 Å². The van der Waals surface area contributed by atoms with Crippen LogP contribution in [0.15, 0.2) is 34.8 Å². The summed E-state index contributed by atoms with van der Waals surface area (Å²) in [6.45, 7) is 9.73. The van der Waals surface area contributed by atoms with Crippen molar-refractivity contribution in [3.05, 3.63) is 47.4 Å². The molecular weight excluding hydrogens is 198 g/mol. The van der Waals surface area contributed by atoms with Crippen molar-refractivity contribution in [2.45, 2.75) is 20.8 Å². The first kappa shape index (κ1) is 10.7. The Morgan fingerprint density at radius 2 is 2.12 bits per heavy atom. The summed E-state index contributed by atoms with van der Waals surface area (Å²) in [6, 6.07) is 4.05. The van der Waals surface area contributed by atoms with E-state index in [-0.39, 0.29) is 0 Å². The van der Waals surface area contributed by atoms with Gasteiger partial charge in [-0.15, -0.1) is 0 Å². The first-order valence-electron chi connectivity index (χ1n) is 5.29. The van der Waals surface area contributed by atoms with Crippen molar-refractivity contribution in [2.24, 2.45) is 0 Å². The van der Waals surface area contributed by atoms with E-state index in [4.69, 9.17) is 4.42 Å². The number of nitrogens with zero attached hydrogens (tertiary/aromatic N) is 1. The fraction of sp³-hybridized carbons (Fsp3) is 0.214. The summed E-state index contributed by atoms with van der Waals surface area (Å²) < 4.78 is 5.72. The molecule has 0 fully saturated rings. The average molecular weight is 213 g/mol. The monoisotopic (exact) mass is 213 g/mol. The lowest BCUT2D eigenvalue weighted by atomic mass is 10.1. The Kier molecular flexibility index (Phi) is 2.65.